The summed E-state index contributed by atoms with van der Waals surface area (Å²) in [5.41, 5.74) is 6.39. The van der Waals surface area contributed by atoms with Gasteiger partial charge in [0.2, 0.25) is 10.0 Å². The van der Waals surface area contributed by atoms with E-state index in [-0.39, 0.29) is 0 Å². The Morgan fingerprint density at radius 3 is 2.39 bits per heavy atom. The van der Waals surface area contributed by atoms with E-state index in [1.54, 1.807) is 38.4 Å². The first-order valence-electron chi connectivity index (χ1n) is 5.76. The van der Waals surface area contributed by atoms with Crippen molar-refractivity contribution in [2.24, 2.45) is 5.73 Å². The zero-order valence-electron chi connectivity index (χ0n) is 10.8. The number of rotatable bonds is 7. The van der Waals surface area contributed by atoms with Crippen LogP contribution in [0.1, 0.15) is 12.0 Å². The summed E-state index contributed by atoms with van der Waals surface area (Å²) >= 11 is 0. The lowest BCUT2D eigenvalue weighted by atomic mass is 10.2. The monoisotopic (exact) mass is 272 g/mol. The van der Waals surface area contributed by atoms with Gasteiger partial charge in [0.05, 0.1) is 4.90 Å². The molecule has 0 unspecified atom stereocenters. The van der Waals surface area contributed by atoms with E-state index in [1.165, 1.54) is 4.31 Å². The number of hydrogen-bond acceptors (Lipinski definition) is 4. The minimum absolute atomic E-state index is 0.291. The molecule has 0 saturated heterocycles. The molecular weight excluding hydrogens is 252 g/mol. The molecular formula is C12H20N2O3S. The maximum absolute atomic E-state index is 12.2. The standard InChI is InChI=1S/C12H20N2O3S/c1-14(8-3-9-17-2)18(15,16)12-6-4-11(10-13)5-7-12/h4-7H,3,8-10,13H2,1-2H3. The second kappa shape index (κ2) is 6.84. The lowest BCUT2D eigenvalue weighted by Crippen LogP contribution is -2.28. The number of ether oxygens (including phenoxy) is 1. The van der Waals surface area contributed by atoms with Crippen LogP contribution in [0.25, 0.3) is 0 Å². The number of nitrogens with two attached hydrogens (primary N) is 1. The van der Waals surface area contributed by atoms with Crippen molar-refractivity contribution in [1.82, 2.24) is 4.31 Å². The zero-order chi connectivity index (χ0) is 13.6. The maximum Gasteiger partial charge on any atom is 0.242 e. The Hall–Kier alpha value is -0.950. The Morgan fingerprint density at radius 2 is 1.89 bits per heavy atom. The Morgan fingerprint density at radius 1 is 1.28 bits per heavy atom. The lowest BCUT2D eigenvalue weighted by Gasteiger charge is -2.17. The third-order valence-electron chi connectivity index (χ3n) is 2.69. The summed E-state index contributed by atoms with van der Waals surface area (Å²) in [7, 11) is -0.239. The molecule has 18 heavy (non-hydrogen) atoms. The van der Waals surface area contributed by atoms with E-state index in [0.29, 0.717) is 31.0 Å². The van der Waals surface area contributed by atoms with Gasteiger partial charge in [0.15, 0.2) is 0 Å². The number of benzene rings is 1. The summed E-state index contributed by atoms with van der Waals surface area (Å²) in [4.78, 5) is 0.291. The van der Waals surface area contributed by atoms with Crippen molar-refractivity contribution in [2.75, 3.05) is 27.3 Å². The highest BCUT2D eigenvalue weighted by Crippen LogP contribution is 2.15. The summed E-state index contributed by atoms with van der Waals surface area (Å²) in [5, 5.41) is 0. The van der Waals surface area contributed by atoms with Crippen LogP contribution in [0.2, 0.25) is 0 Å². The van der Waals surface area contributed by atoms with Crippen LogP contribution in [-0.2, 0) is 21.3 Å². The smallest absolute Gasteiger partial charge is 0.242 e. The molecule has 5 nitrogen and oxygen atoms in total. The molecule has 0 spiro atoms. The van der Waals surface area contributed by atoms with E-state index in [9.17, 15) is 8.42 Å². The van der Waals surface area contributed by atoms with Crippen molar-refractivity contribution in [3.05, 3.63) is 29.8 Å². The van der Waals surface area contributed by atoms with Crippen LogP contribution < -0.4 is 5.73 Å². The molecule has 6 heteroatoms. The summed E-state index contributed by atoms with van der Waals surface area (Å²) in [6.07, 6.45) is 0.674. The molecule has 0 heterocycles. The average molecular weight is 272 g/mol. The largest absolute Gasteiger partial charge is 0.385 e. The molecule has 0 aromatic heterocycles. The van der Waals surface area contributed by atoms with E-state index < -0.39 is 10.0 Å². The van der Waals surface area contributed by atoms with Crippen LogP contribution in [0.15, 0.2) is 29.2 Å². The fraction of sp³-hybridized carbons (Fsp3) is 0.500. The summed E-state index contributed by atoms with van der Waals surface area (Å²) in [6.45, 7) is 1.39. The first kappa shape index (κ1) is 15.1. The highest BCUT2D eigenvalue weighted by Gasteiger charge is 2.19. The predicted octanol–water partition coefficient (Wildman–Crippen LogP) is 0.802. The second-order valence-corrected chi connectivity index (χ2v) is 6.07. The van der Waals surface area contributed by atoms with E-state index in [4.69, 9.17) is 10.5 Å². The molecule has 2 N–H and O–H groups in total. The quantitative estimate of drug-likeness (QED) is 0.745. The van der Waals surface area contributed by atoms with Gasteiger partial charge in [-0.25, -0.2) is 12.7 Å². The highest BCUT2D eigenvalue weighted by molar-refractivity contribution is 7.89. The number of methoxy groups -OCH3 is 1. The maximum atomic E-state index is 12.2. The van der Waals surface area contributed by atoms with Crippen molar-refractivity contribution in [1.29, 1.82) is 0 Å². The Labute approximate surface area is 109 Å². The first-order chi connectivity index (χ1) is 8.52. The van der Waals surface area contributed by atoms with Crippen LogP contribution in [0.4, 0.5) is 0 Å². The van der Waals surface area contributed by atoms with Gasteiger partial charge < -0.3 is 10.5 Å². The molecule has 102 valence electrons. The summed E-state index contributed by atoms with van der Waals surface area (Å²) in [5.74, 6) is 0. The molecule has 1 aromatic rings. The number of nitrogens with zero attached hydrogens (tertiary/aromatic N) is 1. The first-order valence-corrected chi connectivity index (χ1v) is 7.20. The Kier molecular flexibility index (Phi) is 5.74. The normalized spacial score (nSPS) is 12.0. The molecule has 0 aliphatic carbocycles. The topological polar surface area (TPSA) is 72.6 Å². The third-order valence-corrected chi connectivity index (χ3v) is 4.56. The zero-order valence-corrected chi connectivity index (χ0v) is 11.6. The van der Waals surface area contributed by atoms with Gasteiger partial charge in [-0.15, -0.1) is 0 Å². The van der Waals surface area contributed by atoms with Crippen molar-refractivity contribution in [2.45, 2.75) is 17.9 Å². The van der Waals surface area contributed by atoms with Gasteiger partial charge in [-0.3, -0.25) is 0 Å². The lowest BCUT2D eigenvalue weighted by molar-refractivity contribution is 0.189. The molecule has 1 aromatic carbocycles. The van der Waals surface area contributed by atoms with Crippen molar-refractivity contribution in [3.8, 4) is 0 Å². The fourth-order valence-corrected chi connectivity index (χ4v) is 2.74. The van der Waals surface area contributed by atoms with Gasteiger partial charge in [0, 0.05) is 33.9 Å². The second-order valence-electron chi connectivity index (χ2n) is 4.02. The Balaban J connectivity index is 2.77. The molecule has 0 radical (unpaired) electrons. The van der Waals surface area contributed by atoms with E-state index in [1.807, 2.05) is 0 Å². The van der Waals surface area contributed by atoms with Crippen molar-refractivity contribution in [3.63, 3.8) is 0 Å². The van der Waals surface area contributed by atoms with Gasteiger partial charge >= 0.3 is 0 Å². The molecule has 0 fully saturated rings. The summed E-state index contributed by atoms with van der Waals surface area (Å²) < 4.78 is 30.6. The molecule has 0 atom stereocenters. The molecule has 0 aliphatic heterocycles. The van der Waals surface area contributed by atoms with Crippen LogP contribution in [0.5, 0.6) is 0 Å². The highest BCUT2D eigenvalue weighted by atomic mass is 32.2. The van der Waals surface area contributed by atoms with E-state index in [0.717, 1.165) is 5.56 Å². The number of hydrogen-bond donors (Lipinski definition) is 1. The van der Waals surface area contributed by atoms with Gasteiger partial charge in [-0.05, 0) is 24.1 Å². The van der Waals surface area contributed by atoms with Gasteiger partial charge in [-0.2, -0.15) is 0 Å². The van der Waals surface area contributed by atoms with Gasteiger partial charge in [0.1, 0.15) is 0 Å². The van der Waals surface area contributed by atoms with E-state index in [2.05, 4.69) is 0 Å². The van der Waals surface area contributed by atoms with Crippen molar-refractivity contribution < 1.29 is 13.2 Å². The minimum Gasteiger partial charge on any atom is -0.385 e. The molecule has 0 saturated carbocycles. The fourth-order valence-electron chi connectivity index (χ4n) is 1.53. The van der Waals surface area contributed by atoms with Crippen LogP contribution in [0, 0.1) is 0 Å². The average Bonchev–Trinajstić information content (AvgIpc) is 2.39. The van der Waals surface area contributed by atoms with Crippen LogP contribution in [-0.4, -0.2) is 40.0 Å². The van der Waals surface area contributed by atoms with Crippen molar-refractivity contribution >= 4 is 10.0 Å². The molecule has 1 rings (SSSR count). The molecule has 0 aliphatic rings. The van der Waals surface area contributed by atoms with Gasteiger partial charge in [-0.1, -0.05) is 12.1 Å². The molecule has 0 amide bonds. The summed E-state index contributed by atoms with van der Waals surface area (Å²) in [6, 6.07) is 6.64. The Bertz CT molecular complexity index is 457. The van der Waals surface area contributed by atoms with Gasteiger partial charge in [0.25, 0.3) is 0 Å². The number of sulfonamides is 1. The predicted molar refractivity (Wildman–Crippen MR) is 70.6 cm³/mol. The third kappa shape index (κ3) is 3.78. The molecule has 0 bridgehead atoms. The van der Waals surface area contributed by atoms with Crippen LogP contribution in [0.3, 0.4) is 0 Å². The SMILES string of the molecule is COCCCN(C)S(=O)(=O)c1ccc(CN)cc1. The van der Waals surface area contributed by atoms with E-state index >= 15 is 0 Å². The van der Waals surface area contributed by atoms with Crippen LogP contribution >= 0.6 is 0 Å². The minimum atomic E-state index is -3.41.